The summed E-state index contributed by atoms with van der Waals surface area (Å²) in [4.78, 5) is 0. The van der Waals surface area contributed by atoms with Crippen LogP contribution in [0.5, 0.6) is 0 Å². The molecule has 0 aliphatic heterocycles. The Kier molecular flexibility index (Phi) is 8.83. The molecule has 0 N–H and O–H groups in total. The third kappa shape index (κ3) is 6.37. The maximum atomic E-state index is 15.0. The third-order valence-electron chi connectivity index (χ3n) is 9.14. The molecule has 0 radical (unpaired) electrons. The van der Waals surface area contributed by atoms with Crippen LogP contribution in [-0.2, 0) is 6.42 Å². The summed E-state index contributed by atoms with van der Waals surface area (Å²) in [5.41, 5.74) is 2.03. The van der Waals surface area contributed by atoms with Crippen molar-refractivity contribution < 1.29 is 8.78 Å². The van der Waals surface area contributed by atoms with E-state index >= 15 is 0 Å². The van der Waals surface area contributed by atoms with Gasteiger partial charge in [0.2, 0.25) is 0 Å². The molecule has 1 atom stereocenters. The summed E-state index contributed by atoms with van der Waals surface area (Å²) in [5, 5.41) is 0. The van der Waals surface area contributed by atoms with Gasteiger partial charge in [-0.25, -0.2) is 8.78 Å². The van der Waals surface area contributed by atoms with E-state index in [2.05, 4.69) is 32.1 Å². The summed E-state index contributed by atoms with van der Waals surface area (Å²) in [6.45, 7) is 4.65. The van der Waals surface area contributed by atoms with Crippen molar-refractivity contribution in [3.8, 4) is 0 Å². The van der Waals surface area contributed by atoms with E-state index in [1.165, 1.54) is 57.8 Å². The second kappa shape index (κ2) is 11.8. The first kappa shape index (κ1) is 24.7. The van der Waals surface area contributed by atoms with Crippen LogP contribution in [0.15, 0.2) is 30.4 Å². The summed E-state index contributed by atoms with van der Waals surface area (Å²) in [7, 11) is 0. The van der Waals surface area contributed by atoms with Crippen molar-refractivity contribution in [2.75, 3.05) is 0 Å². The number of allylic oxidation sites excluding steroid dienone is 4. The number of aryl methyl sites for hydroxylation is 1. The highest BCUT2D eigenvalue weighted by Crippen LogP contribution is 2.42. The molecule has 0 bridgehead atoms. The lowest BCUT2D eigenvalue weighted by Crippen LogP contribution is -2.23. The minimum absolute atomic E-state index is 0.497. The van der Waals surface area contributed by atoms with Gasteiger partial charge in [0.15, 0.2) is 11.6 Å². The van der Waals surface area contributed by atoms with Gasteiger partial charge >= 0.3 is 0 Å². The Bertz CT molecular complexity index is 820. The first-order chi connectivity index (χ1) is 16.0. The number of hydrogen-bond donors (Lipinski definition) is 0. The van der Waals surface area contributed by atoms with Gasteiger partial charge in [-0.15, -0.1) is 0 Å². The fourth-order valence-corrected chi connectivity index (χ4v) is 6.63. The zero-order chi connectivity index (χ0) is 23.2. The average Bonchev–Trinajstić information content (AvgIpc) is 2.86. The van der Waals surface area contributed by atoms with E-state index in [-0.39, 0.29) is 0 Å². The molecule has 33 heavy (non-hydrogen) atoms. The molecule has 2 heteroatoms. The highest BCUT2D eigenvalue weighted by Gasteiger charge is 2.29. The van der Waals surface area contributed by atoms with Crippen LogP contribution >= 0.6 is 0 Å². The molecule has 1 unspecified atom stereocenters. The van der Waals surface area contributed by atoms with Crippen LogP contribution in [0.4, 0.5) is 8.78 Å². The van der Waals surface area contributed by atoms with E-state index in [9.17, 15) is 8.78 Å². The largest absolute Gasteiger partial charge is 0.203 e. The van der Waals surface area contributed by atoms with Gasteiger partial charge in [-0.05, 0) is 98.5 Å². The standard InChI is InChI=1S/C31H44F2/c1-3-23-12-14-25(15-13-23)26-16-18-27(19-17-26)29-21-20-28(30(32)31(29)33)7-5-4-6-24-10-8-22(2)9-11-24/h4,6,18,20-26H,3,5,7-17,19H2,1-2H3/b6-4+. The van der Waals surface area contributed by atoms with E-state index in [0.29, 0.717) is 23.5 Å². The Balaban J connectivity index is 1.30. The van der Waals surface area contributed by atoms with Crippen LogP contribution in [0.2, 0.25) is 0 Å². The number of halogens is 2. The SMILES string of the molecule is CCC1CCC(C2CC=C(c3ccc(CC/C=C/C4CCC(C)CC4)c(F)c3F)CC2)CC1. The smallest absolute Gasteiger partial charge is 0.166 e. The predicted molar refractivity (Wildman–Crippen MR) is 136 cm³/mol. The van der Waals surface area contributed by atoms with Crippen molar-refractivity contribution in [1.82, 2.24) is 0 Å². The number of hydrogen-bond acceptors (Lipinski definition) is 0. The molecule has 0 amide bonds. The van der Waals surface area contributed by atoms with Gasteiger partial charge in [0.05, 0.1) is 0 Å². The fraction of sp³-hybridized carbons (Fsp3) is 0.677. The molecular weight excluding hydrogens is 410 g/mol. The highest BCUT2D eigenvalue weighted by atomic mass is 19.2. The van der Waals surface area contributed by atoms with E-state index in [1.54, 1.807) is 0 Å². The van der Waals surface area contributed by atoms with Gasteiger partial charge in [0.1, 0.15) is 0 Å². The molecular formula is C31H44F2. The minimum atomic E-state index is -0.633. The molecule has 3 aliphatic rings. The Morgan fingerprint density at radius 3 is 2.30 bits per heavy atom. The van der Waals surface area contributed by atoms with Crippen molar-refractivity contribution >= 4 is 5.57 Å². The van der Waals surface area contributed by atoms with E-state index in [0.717, 1.165) is 54.9 Å². The number of benzene rings is 1. The number of rotatable bonds is 7. The average molecular weight is 455 g/mol. The van der Waals surface area contributed by atoms with Crippen LogP contribution in [0.25, 0.3) is 5.57 Å². The minimum Gasteiger partial charge on any atom is -0.203 e. The van der Waals surface area contributed by atoms with Crippen molar-refractivity contribution in [1.29, 1.82) is 0 Å². The van der Waals surface area contributed by atoms with Gasteiger partial charge in [0, 0.05) is 5.56 Å². The molecule has 3 aliphatic carbocycles. The van der Waals surface area contributed by atoms with Crippen LogP contribution in [0.1, 0.15) is 108 Å². The summed E-state index contributed by atoms with van der Waals surface area (Å²) in [6, 6.07) is 3.65. The molecule has 0 saturated heterocycles. The summed E-state index contributed by atoms with van der Waals surface area (Å²) in [6.07, 6.45) is 23.1. The normalized spacial score (nSPS) is 31.0. The monoisotopic (exact) mass is 454 g/mol. The lowest BCUT2D eigenvalue weighted by Gasteiger charge is -2.35. The third-order valence-corrected chi connectivity index (χ3v) is 9.14. The molecule has 1 aromatic rings. The van der Waals surface area contributed by atoms with Gasteiger partial charge in [0.25, 0.3) is 0 Å². The zero-order valence-electron chi connectivity index (χ0n) is 20.9. The molecule has 182 valence electrons. The topological polar surface area (TPSA) is 0 Å². The molecule has 2 saturated carbocycles. The molecule has 2 fully saturated rings. The maximum Gasteiger partial charge on any atom is 0.166 e. The lowest BCUT2D eigenvalue weighted by atomic mass is 9.70. The molecule has 4 rings (SSSR count). The van der Waals surface area contributed by atoms with Crippen molar-refractivity contribution in [2.45, 2.75) is 104 Å². The fourth-order valence-electron chi connectivity index (χ4n) is 6.63. The van der Waals surface area contributed by atoms with Crippen molar-refractivity contribution in [2.24, 2.45) is 29.6 Å². The van der Waals surface area contributed by atoms with Crippen LogP contribution in [-0.4, -0.2) is 0 Å². The molecule has 0 spiro atoms. The summed E-state index contributed by atoms with van der Waals surface area (Å²) >= 11 is 0. The Morgan fingerprint density at radius 2 is 1.64 bits per heavy atom. The second-order valence-electron chi connectivity index (χ2n) is 11.3. The van der Waals surface area contributed by atoms with E-state index in [1.807, 2.05) is 12.1 Å². The van der Waals surface area contributed by atoms with Gasteiger partial charge in [-0.1, -0.05) is 76.3 Å². The van der Waals surface area contributed by atoms with Crippen LogP contribution in [0.3, 0.4) is 0 Å². The van der Waals surface area contributed by atoms with Crippen molar-refractivity contribution in [3.05, 3.63) is 53.1 Å². The summed E-state index contributed by atoms with van der Waals surface area (Å²) in [5.74, 6) is 2.76. The molecule has 1 aromatic carbocycles. The van der Waals surface area contributed by atoms with Crippen LogP contribution in [0, 0.1) is 41.2 Å². The zero-order valence-corrected chi connectivity index (χ0v) is 20.9. The maximum absolute atomic E-state index is 15.0. The molecule has 0 nitrogen and oxygen atoms in total. The van der Waals surface area contributed by atoms with Gasteiger partial charge in [-0.2, -0.15) is 0 Å². The Hall–Kier alpha value is -1.44. The van der Waals surface area contributed by atoms with Gasteiger partial charge in [-0.3, -0.25) is 0 Å². The first-order valence-electron chi connectivity index (χ1n) is 13.9. The molecule has 0 heterocycles. The predicted octanol–water partition coefficient (Wildman–Crippen LogP) is 9.68. The Labute approximate surface area is 200 Å². The van der Waals surface area contributed by atoms with Crippen molar-refractivity contribution in [3.63, 3.8) is 0 Å². The molecule has 0 aromatic heterocycles. The first-order valence-corrected chi connectivity index (χ1v) is 13.9. The lowest BCUT2D eigenvalue weighted by molar-refractivity contribution is 0.192. The quantitative estimate of drug-likeness (QED) is 0.360. The summed E-state index contributed by atoms with van der Waals surface area (Å²) < 4.78 is 29.8. The van der Waals surface area contributed by atoms with Crippen LogP contribution < -0.4 is 0 Å². The second-order valence-corrected chi connectivity index (χ2v) is 11.3. The highest BCUT2D eigenvalue weighted by molar-refractivity contribution is 5.67. The Morgan fingerprint density at radius 1 is 0.879 bits per heavy atom. The van der Waals surface area contributed by atoms with E-state index < -0.39 is 11.6 Å². The van der Waals surface area contributed by atoms with Gasteiger partial charge < -0.3 is 0 Å². The van der Waals surface area contributed by atoms with E-state index in [4.69, 9.17) is 0 Å².